The molecule has 0 atom stereocenters. The predicted octanol–water partition coefficient (Wildman–Crippen LogP) is 1.23. The van der Waals surface area contributed by atoms with Crippen LogP contribution >= 0.6 is 0 Å². The number of rotatable bonds is 0. The number of hydrogen-bond acceptors (Lipinski definition) is 3. The second kappa shape index (κ2) is 4.70. The highest BCUT2D eigenvalue weighted by Gasteiger charge is 2.03. The molecule has 0 saturated carbocycles. The highest BCUT2D eigenvalue weighted by molar-refractivity contribution is 5.95. The maximum absolute atomic E-state index is 11.0. The molecule has 0 unspecified atom stereocenters. The zero-order chi connectivity index (χ0) is 8.81. The third-order valence-corrected chi connectivity index (χ3v) is 1.72. The second-order valence-corrected chi connectivity index (χ2v) is 2.78. The van der Waals surface area contributed by atoms with Gasteiger partial charge in [0.25, 0.3) is 0 Å². The first-order valence-corrected chi connectivity index (χ1v) is 4.17. The second-order valence-electron chi connectivity index (χ2n) is 2.78. The third kappa shape index (κ3) is 3.32. The average molecular weight is 168 g/mol. The Balaban J connectivity index is 2.49. The molecule has 1 heterocycles. The smallest absolute Gasteiger partial charge is 0.330 e. The van der Waals surface area contributed by atoms with E-state index in [1.54, 1.807) is 0 Å². The van der Waals surface area contributed by atoms with E-state index in [0.29, 0.717) is 13.0 Å². The van der Waals surface area contributed by atoms with Crippen LogP contribution in [-0.2, 0) is 14.3 Å². The van der Waals surface area contributed by atoms with E-state index in [0.717, 1.165) is 19.3 Å². The van der Waals surface area contributed by atoms with Crippen molar-refractivity contribution in [1.29, 1.82) is 0 Å². The summed E-state index contributed by atoms with van der Waals surface area (Å²) in [5.41, 5.74) is 0. The van der Waals surface area contributed by atoms with Crippen LogP contribution < -0.4 is 0 Å². The summed E-state index contributed by atoms with van der Waals surface area (Å²) < 4.78 is 4.79. The minimum Gasteiger partial charge on any atom is -0.463 e. The van der Waals surface area contributed by atoms with E-state index < -0.39 is 5.97 Å². The Hall–Kier alpha value is -1.12. The summed E-state index contributed by atoms with van der Waals surface area (Å²) >= 11 is 0. The van der Waals surface area contributed by atoms with E-state index in [4.69, 9.17) is 4.74 Å². The van der Waals surface area contributed by atoms with Crippen LogP contribution in [0.3, 0.4) is 0 Å². The fourth-order valence-corrected chi connectivity index (χ4v) is 1.04. The molecule has 0 aromatic rings. The molecule has 0 N–H and O–H groups in total. The summed E-state index contributed by atoms with van der Waals surface area (Å²) in [6, 6.07) is 0. The van der Waals surface area contributed by atoms with Gasteiger partial charge in [0.15, 0.2) is 5.78 Å². The average Bonchev–Trinajstić information content (AvgIpc) is 2.07. The van der Waals surface area contributed by atoms with E-state index in [1.807, 2.05) is 0 Å². The Morgan fingerprint density at radius 2 is 1.92 bits per heavy atom. The van der Waals surface area contributed by atoms with Crippen molar-refractivity contribution in [1.82, 2.24) is 0 Å². The molecule has 0 bridgehead atoms. The van der Waals surface area contributed by atoms with Gasteiger partial charge in [-0.3, -0.25) is 4.79 Å². The molecule has 66 valence electrons. The molecule has 0 aliphatic carbocycles. The zero-order valence-electron chi connectivity index (χ0n) is 6.91. The topological polar surface area (TPSA) is 43.4 Å². The standard InChI is InChI=1S/C9H12O3/c10-8-4-2-1-3-7-12-9(11)6-5-8/h5-6H,1-4,7H2/b6-5-. The number of cyclic esters (lactones) is 1. The van der Waals surface area contributed by atoms with Crippen molar-refractivity contribution in [3.8, 4) is 0 Å². The van der Waals surface area contributed by atoms with Gasteiger partial charge in [0.2, 0.25) is 0 Å². The van der Waals surface area contributed by atoms with Crippen molar-refractivity contribution in [2.24, 2.45) is 0 Å². The number of ketones is 1. The number of ether oxygens (including phenoxy) is 1. The largest absolute Gasteiger partial charge is 0.463 e. The summed E-state index contributed by atoms with van der Waals surface area (Å²) in [6.07, 6.45) is 5.74. The van der Waals surface area contributed by atoms with Crippen LogP contribution in [0.5, 0.6) is 0 Å². The molecular weight excluding hydrogens is 156 g/mol. The fraction of sp³-hybridized carbons (Fsp3) is 0.556. The lowest BCUT2D eigenvalue weighted by Crippen LogP contribution is -2.05. The minimum atomic E-state index is -0.412. The van der Waals surface area contributed by atoms with Gasteiger partial charge in [-0.15, -0.1) is 0 Å². The van der Waals surface area contributed by atoms with Crippen molar-refractivity contribution in [3.05, 3.63) is 12.2 Å². The molecule has 0 fully saturated rings. The Morgan fingerprint density at radius 1 is 1.08 bits per heavy atom. The molecular formula is C9H12O3. The van der Waals surface area contributed by atoms with Crippen molar-refractivity contribution in [2.45, 2.75) is 25.7 Å². The third-order valence-electron chi connectivity index (χ3n) is 1.72. The van der Waals surface area contributed by atoms with Gasteiger partial charge in [-0.05, 0) is 25.3 Å². The van der Waals surface area contributed by atoms with Crippen LogP contribution in [0.1, 0.15) is 25.7 Å². The summed E-state index contributed by atoms with van der Waals surface area (Å²) in [7, 11) is 0. The first-order chi connectivity index (χ1) is 5.79. The molecule has 0 saturated heterocycles. The number of allylic oxidation sites excluding steroid dienone is 1. The van der Waals surface area contributed by atoms with Crippen LogP contribution in [0, 0.1) is 0 Å². The Labute approximate surface area is 71.4 Å². The highest BCUT2D eigenvalue weighted by Crippen LogP contribution is 2.03. The molecule has 1 aliphatic heterocycles. The number of esters is 1. The maximum atomic E-state index is 11.0. The zero-order valence-corrected chi connectivity index (χ0v) is 6.91. The summed E-state index contributed by atoms with van der Waals surface area (Å²) in [5.74, 6) is -0.404. The number of carbonyl (C=O) groups excluding carboxylic acids is 2. The van der Waals surface area contributed by atoms with E-state index in [2.05, 4.69) is 0 Å². The highest BCUT2D eigenvalue weighted by atomic mass is 16.5. The van der Waals surface area contributed by atoms with E-state index in [1.165, 1.54) is 12.2 Å². The molecule has 3 heteroatoms. The van der Waals surface area contributed by atoms with E-state index >= 15 is 0 Å². The lowest BCUT2D eigenvalue weighted by Gasteiger charge is -2.03. The SMILES string of the molecule is O=C1/C=C\C(=O)OCCCCC1. The van der Waals surface area contributed by atoms with Gasteiger partial charge in [0.05, 0.1) is 6.61 Å². The van der Waals surface area contributed by atoms with Crippen molar-refractivity contribution >= 4 is 11.8 Å². The van der Waals surface area contributed by atoms with Gasteiger partial charge in [-0.25, -0.2) is 4.79 Å². The van der Waals surface area contributed by atoms with Gasteiger partial charge >= 0.3 is 5.97 Å². The molecule has 1 aliphatic rings. The fourth-order valence-electron chi connectivity index (χ4n) is 1.04. The summed E-state index contributed by atoms with van der Waals surface area (Å²) in [5, 5.41) is 0. The molecule has 0 aromatic heterocycles. The molecule has 1 rings (SSSR count). The van der Waals surface area contributed by atoms with Crippen LogP contribution in [0.2, 0.25) is 0 Å². The predicted molar refractivity (Wildman–Crippen MR) is 43.6 cm³/mol. The van der Waals surface area contributed by atoms with Crippen LogP contribution in [0.4, 0.5) is 0 Å². The van der Waals surface area contributed by atoms with Gasteiger partial charge in [-0.2, -0.15) is 0 Å². The van der Waals surface area contributed by atoms with Gasteiger partial charge < -0.3 is 4.74 Å². The normalized spacial score (nSPS) is 23.0. The Morgan fingerprint density at radius 3 is 2.75 bits per heavy atom. The summed E-state index contributed by atoms with van der Waals surface area (Å²) in [6.45, 7) is 0.470. The van der Waals surface area contributed by atoms with E-state index in [9.17, 15) is 9.59 Å². The maximum Gasteiger partial charge on any atom is 0.330 e. The summed E-state index contributed by atoms with van der Waals surface area (Å²) in [4.78, 5) is 21.7. The molecule has 0 aromatic carbocycles. The van der Waals surface area contributed by atoms with Crippen LogP contribution in [0.25, 0.3) is 0 Å². The van der Waals surface area contributed by atoms with Crippen molar-refractivity contribution in [2.75, 3.05) is 6.61 Å². The van der Waals surface area contributed by atoms with Crippen LogP contribution in [-0.4, -0.2) is 18.4 Å². The van der Waals surface area contributed by atoms with Crippen LogP contribution in [0.15, 0.2) is 12.2 Å². The quantitative estimate of drug-likeness (QED) is 0.511. The Kier molecular flexibility index (Phi) is 3.51. The molecule has 0 amide bonds. The van der Waals surface area contributed by atoms with Gasteiger partial charge in [0.1, 0.15) is 0 Å². The minimum absolute atomic E-state index is 0.00819. The van der Waals surface area contributed by atoms with E-state index in [-0.39, 0.29) is 5.78 Å². The number of hydrogen-bond donors (Lipinski definition) is 0. The molecule has 0 radical (unpaired) electrons. The van der Waals surface area contributed by atoms with Crippen molar-refractivity contribution < 1.29 is 14.3 Å². The molecule has 0 spiro atoms. The monoisotopic (exact) mass is 168 g/mol. The molecule has 3 nitrogen and oxygen atoms in total. The van der Waals surface area contributed by atoms with Gasteiger partial charge in [0, 0.05) is 12.5 Å². The lowest BCUT2D eigenvalue weighted by atomic mass is 10.1. The van der Waals surface area contributed by atoms with Crippen molar-refractivity contribution in [3.63, 3.8) is 0 Å². The molecule has 12 heavy (non-hydrogen) atoms. The Bertz CT molecular complexity index is 184. The number of carbonyl (C=O) groups is 2. The van der Waals surface area contributed by atoms with Gasteiger partial charge in [-0.1, -0.05) is 0 Å². The first kappa shape index (κ1) is 8.97. The first-order valence-electron chi connectivity index (χ1n) is 4.17. The lowest BCUT2D eigenvalue weighted by molar-refractivity contribution is -0.138.